The maximum Gasteiger partial charge on any atom is 0.333 e. The lowest BCUT2D eigenvalue weighted by molar-refractivity contribution is -0.136. The Bertz CT molecular complexity index is 747. The highest BCUT2D eigenvalue weighted by Crippen LogP contribution is 2.30. The van der Waals surface area contributed by atoms with Crippen LogP contribution in [0.5, 0.6) is 0 Å². The molecule has 0 N–H and O–H groups in total. The number of benzene rings is 2. The first kappa shape index (κ1) is 17.0. The van der Waals surface area contributed by atoms with Crippen LogP contribution in [0.15, 0.2) is 64.6 Å². The van der Waals surface area contributed by atoms with E-state index in [4.69, 9.17) is 4.74 Å². The van der Waals surface area contributed by atoms with Crippen LogP contribution >= 0.6 is 15.9 Å². The van der Waals surface area contributed by atoms with Gasteiger partial charge in [0.05, 0.1) is 19.1 Å². The topological polar surface area (TPSA) is 50.1 Å². The Morgan fingerprint density at radius 1 is 1.22 bits per heavy atom. The van der Waals surface area contributed by atoms with Crippen molar-refractivity contribution < 1.29 is 9.53 Å². The molecule has 0 aliphatic carbocycles. The number of carbonyl (C=O) groups excluding carboxylic acids is 1. The predicted molar refractivity (Wildman–Crippen MR) is 93.5 cm³/mol. The zero-order valence-corrected chi connectivity index (χ0v) is 14.3. The lowest BCUT2D eigenvalue weighted by Crippen LogP contribution is -2.09. The molecular formula is C19H16BrNO2. The minimum absolute atomic E-state index is 0.292. The number of esters is 1. The van der Waals surface area contributed by atoms with Crippen molar-refractivity contribution in [2.75, 3.05) is 7.11 Å². The predicted octanol–water partition coefficient (Wildman–Crippen LogP) is 4.70. The van der Waals surface area contributed by atoms with Crippen molar-refractivity contribution in [3.63, 3.8) is 0 Å². The van der Waals surface area contributed by atoms with Crippen molar-refractivity contribution in [3.8, 4) is 6.07 Å². The summed E-state index contributed by atoms with van der Waals surface area (Å²) in [6.45, 7) is 0. The van der Waals surface area contributed by atoms with E-state index in [2.05, 4.69) is 22.0 Å². The minimum atomic E-state index is -0.431. The molecule has 3 nitrogen and oxygen atoms in total. The first-order chi connectivity index (χ1) is 11.2. The molecule has 0 fully saturated rings. The van der Waals surface area contributed by atoms with Crippen molar-refractivity contribution >= 4 is 28.0 Å². The van der Waals surface area contributed by atoms with E-state index in [0.29, 0.717) is 12.0 Å². The largest absolute Gasteiger partial charge is 0.466 e. The molecule has 1 unspecified atom stereocenters. The van der Waals surface area contributed by atoms with E-state index in [9.17, 15) is 10.1 Å². The fraction of sp³-hybridized carbons (Fsp3) is 0.158. The number of ether oxygens (including phenoxy) is 1. The van der Waals surface area contributed by atoms with Crippen molar-refractivity contribution in [2.45, 2.75) is 12.3 Å². The molecular weight excluding hydrogens is 354 g/mol. The van der Waals surface area contributed by atoms with E-state index < -0.39 is 11.9 Å². The summed E-state index contributed by atoms with van der Waals surface area (Å²) in [5.41, 5.74) is 2.23. The molecule has 0 spiro atoms. The molecule has 0 radical (unpaired) electrons. The highest BCUT2D eigenvalue weighted by Gasteiger charge is 2.20. The summed E-state index contributed by atoms with van der Waals surface area (Å²) in [7, 11) is 1.35. The van der Waals surface area contributed by atoms with Gasteiger partial charge in [-0.1, -0.05) is 64.5 Å². The third-order valence-electron chi connectivity index (χ3n) is 3.45. The average Bonchev–Trinajstić information content (AvgIpc) is 2.59. The molecule has 2 rings (SSSR count). The van der Waals surface area contributed by atoms with Gasteiger partial charge in [-0.25, -0.2) is 4.79 Å². The number of methoxy groups -OCH3 is 1. The molecule has 0 aliphatic rings. The van der Waals surface area contributed by atoms with E-state index in [1.807, 2.05) is 54.6 Å². The van der Waals surface area contributed by atoms with Crippen LogP contribution in [0.4, 0.5) is 0 Å². The number of nitriles is 1. The summed E-state index contributed by atoms with van der Waals surface area (Å²) in [6, 6.07) is 19.3. The Kier molecular flexibility index (Phi) is 6.13. The molecule has 0 aromatic heterocycles. The summed E-state index contributed by atoms with van der Waals surface area (Å²) < 4.78 is 5.72. The first-order valence-corrected chi connectivity index (χ1v) is 7.93. The van der Waals surface area contributed by atoms with E-state index in [-0.39, 0.29) is 0 Å². The van der Waals surface area contributed by atoms with Crippen LogP contribution in [0.2, 0.25) is 0 Å². The molecule has 0 heterocycles. The third-order valence-corrected chi connectivity index (χ3v) is 4.17. The lowest BCUT2D eigenvalue weighted by atomic mass is 9.92. The number of nitrogens with zero attached hydrogens (tertiary/aromatic N) is 1. The van der Waals surface area contributed by atoms with Gasteiger partial charge in [-0.2, -0.15) is 5.26 Å². The summed E-state index contributed by atoms with van der Waals surface area (Å²) in [6.07, 6.45) is 2.06. The van der Waals surface area contributed by atoms with Crippen LogP contribution in [-0.2, 0) is 9.53 Å². The molecule has 0 amide bonds. The number of carbonyl (C=O) groups is 1. The first-order valence-electron chi connectivity index (χ1n) is 7.13. The Hall–Kier alpha value is -2.38. The Morgan fingerprint density at radius 3 is 2.48 bits per heavy atom. The number of rotatable bonds is 5. The number of halogens is 1. The minimum Gasteiger partial charge on any atom is -0.466 e. The highest BCUT2D eigenvalue weighted by atomic mass is 79.9. The van der Waals surface area contributed by atoms with Crippen LogP contribution in [0.3, 0.4) is 0 Å². The Morgan fingerprint density at radius 2 is 1.87 bits per heavy atom. The fourth-order valence-corrected chi connectivity index (χ4v) is 2.85. The van der Waals surface area contributed by atoms with Gasteiger partial charge in [-0.3, -0.25) is 0 Å². The monoisotopic (exact) mass is 369 g/mol. The molecule has 2 aromatic carbocycles. The zero-order valence-electron chi connectivity index (χ0n) is 12.7. The van der Waals surface area contributed by atoms with Gasteiger partial charge in [0.2, 0.25) is 0 Å². The lowest BCUT2D eigenvalue weighted by Gasteiger charge is -2.13. The van der Waals surface area contributed by atoms with Crippen LogP contribution in [0.1, 0.15) is 23.5 Å². The molecule has 116 valence electrons. The van der Waals surface area contributed by atoms with Gasteiger partial charge in [-0.15, -0.1) is 0 Å². The normalized spacial score (nSPS) is 12.3. The molecule has 0 saturated heterocycles. The second-order valence-electron chi connectivity index (χ2n) is 4.98. The molecule has 0 aliphatic heterocycles. The van der Waals surface area contributed by atoms with Gasteiger partial charge in [-0.05, 0) is 29.7 Å². The second kappa shape index (κ2) is 8.30. The van der Waals surface area contributed by atoms with Gasteiger partial charge in [0.1, 0.15) is 0 Å². The van der Waals surface area contributed by atoms with E-state index in [1.165, 1.54) is 7.11 Å². The maximum atomic E-state index is 12.1. The summed E-state index contributed by atoms with van der Waals surface area (Å²) in [5.74, 6) is -0.846. The highest BCUT2D eigenvalue weighted by molar-refractivity contribution is 9.10. The van der Waals surface area contributed by atoms with Gasteiger partial charge in [0, 0.05) is 10.0 Å². The van der Waals surface area contributed by atoms with Crippen molar-refractivity contribution in [1.82, 2.24) is 0 Å². The van der Waals surface area contributed by atoms with Crippen LogP contribution in [0, 0.1) is 11.3 Å². The quantitative estimate of drug-likeness (QED) is 0.566. The van der Waals surface area contributed by atoms with E-state index >= 15 is 0 Å². The molecule has 1 atom stereocenters. The average molecular weight is 370 g/mol. The van der Waals surface area contributed by atoms with Gasteiger partial charge in [0.25, 0.3) is 0 Å². The van der Waals surface area contributed by atoms with E-state index in [1.54, 1.807) is 6.08 Å². The molecule has 4 heteroatoms. The van der Waals surface area contributed by atoms with E-state index in [0.717, 1.165) is 15.6 Å². The van der Waals surface area contributed by atoms with Crippen molar-refractivity contribution in [1.29, 1.82) is 5.26 Å². The fourth-order valence-electron chi connectivity index (χ4n) is 2.29. The van der Waals surface area contributed by atoms with Crippen molar-refractivity contribution in [2.24, 2.45) is 0 Å². The summed E-state index contributed by atoms with van der Waals surface area (Å²) in [4.78, 5) is 12.1. The molecule has 0 saturated carbocycles. The Balaban J connectivity index is 2.34. The van der Waals surface area contributed by atoms with Crippen molar-refractivity contribution in [3.05, 3.63) is 75.8 Å². The molecule has 2 aromatic rings. The third kappa shape index (κ3) is 4.54. The van der Waals surface area contributed by atoms with Crippen LogP contribution in [-0.4, -0.2) is 13.1 Å². The van der Waals surface area contributed by atoms with Gasteiger partial charge in [0.15, 0.2) is 0 Å². The number of hydrogen-bond donors (Lipinski definition) is 0. The van der Waals surface area contributed by atoms with Gasteiger partial charge >= 0.3 is 5.97 Å². The maximum absolute atomic E-state index is 12.1. The summed E-state index contributed by atoms with van der Waals surface area (Å²) in [5, 5.41) is 9.52. The molecule has 23 heavy (non-hydrogen) atoms. The number of hydrogen-bond acceptors (Lipinski definition) is 3. The smallest absolute Gasteiger partial charge is 0.333 e. The zero-order chi connectivity index (χ0) is 16.7. The van der Waals surface area contributed by atoms with Gasteiger partial charge < -0.3 is 4.74 Å². The molecule has 0 bridgehead atoms. The second-order valence-corrected chi connectivity index (χ2v) is 5.83. The summed E-state index contributed by atoms with van der Waals surface area (Å²) >= 11 is 3.46. The van der Waals surface area contributed by atoms with Crippen LogP contribution < -0.4 is 0 Å². The van der Waals surface area contributed by atoms with Crippen LogP contribution in [0.25, 0.3) is 6.08 Å². The SMILES string of the molecule is COC(=O)/C(=C/c1ccccc1)CC(C#N)c1ccccc1Br. The Labute approximate surface area is 144 Å². The standard InChI is InChI=1S/C19H16BrNO2/c1-23-19(22)15(11-14-7-3-2-4-8-14)12-16(13-21)17-9-5-6-10-18(17)20/h2-11,16H,12H2,1H3/b15-11+.